The summed E-state index contributed by atoms with van der Waals surface area (Å²) in [6, 6.07) is 21.4. The summed E-state index contributed by atoms with van der Waals surface area (Å²) < 4.78 is 51.8. The summed E-state index contributed by atoms with van der Waals surface area (Å²) in [7, 11) is -5.94. The van der Waals surface area contributed by atoms with Crippen molar-refractivity contribution in [3.05, 3.63) is 95.5 Å². The molecule has 0 aromatic heterocycles. The van der Waals surface area contributed by atoms with E-state index < -0.39 is 29.1 Å². The molecule has 3 aromatic carbocycles. The van der Waals surface area contributed by atoms with Crippen molar-refractivity contribution in [2.45, 2.75) is 17.9 Å². The maximum atomic E-state index is 13.1. The van der Waals surface area contributed by atoms with Gasteiger partial charge in [-0.25, -0.2) is 13.0 Å². The molecule has 8 nitrogen and oxygen atoms in total. The summed E-state index contributed by atoms with van der Waals surface area (Å²) in [5, 5.41) is 0. The minimum absolute atomic E-state index is 0.000890. The highest BCUT2D eigenvalue weighted by Crippen LogP contribution is 2.51. The zero-order valence-electron chi connectivity index (χ0n) is 18.4. The van der Waals surface area contributed by atoms with Gasteiger partial charge in [0.15, 0.2) is 6.04 Å². The lowest BCUT2D eigenvalue weighted by Gasteiger charge is -2.19. The second kappa shape index (κ2) is 10.4. The van der Waals surface area contributed by atoms with Crippen LogP contribution in [0.2, 0.25) is 0 Å². The normalized spacial score (nSPS) is 12.7. The Labute approximate surface area is 193 Å². The number of rotatable bonds is 9. The number of nitrogens with one attached hydrogen (secondary N) is 1. The van der Waals surface area contributed by atoms with Gasteiger partial charge in [0.05, 0.1) is 4.90 Å². The molecule has 0 spiro atoms. The molecule has 0 bridgehead atoms. The molecule has 33 heavy (non-hydrogen) atoms. The van der Waals surface area contributed by atoms with Gasteiger partial charge in [0.2, 0.25) is 10.0 Å². The van der Waals surface area contributed by atoms with Crippen LogP contribution in [0.1, 0.15) is 17.2 Å². The Hall–Kier alpha value is -2.90. The molecule has 0 aliphatic rings. The first-order valence-electron chi connectivity index (χ1n) is 9.92. The Morgan fingerprint density at radius 1 is 0.909 bits per heavy atom. The average molecular weight is 486 g/mol. The number of aryl methyl sites for hydroxylation is 1. The highest BCUT2D eigenvalue weighted by Gasteiger charge is 2.46. The van der Waals surface area contributed by atoms with Crippen LogP contribution in [0.4, 0.5) is 0 Å². The van der Waals surface area contributed by atoms with Crippen LogP contribution < -0.4 is 4.72 Å². The minimum Gasteiger partial charge on any atom is -0.361 e. The number of benzene rings is 3. The van der Waals surface area contributed by atoms with E-state index in [9.17, 15) is 18.5 Å². The van der Waals surface area contributed by atoms with Crippen LogP contribution in [0, 0.1) is 6.92 Å². The van der Waals surface area contributed by atoms with Gasteiger partial charge in [0, 0.05) is 14.2 Å². The SMILES string of the molecule is COP(=O)(OC)C(=[N+]=[N-])C(NS(=O)(=O)c1ccc(C)cc1)c1ccc(-c2ccccc2)cc1. The van der Waals surface area contributed by atoms with Crippen LogP contribution in [0.15, 0.2) is 83.8 Å². The second-order valence-electron chi connectivity index (χ2n) is 7.18. The number of hydrogen-bond acceptors (Lipinski definition) is 5. The molecule has 0 saturated carbocycles. The Morgan fingerprint density at radius 2 is 1.45 bits per heavy atom. The topological polar surface area (TPSA) is 118 Å². The van der Waals surface area contributed by atoms with Gasteiger partial charge in [-0.3, -0.25) is 0 Å². The molecule has 0 amide bonds. The summed E-state index contributed by atoms with van der Waals surface area (Å²) >= 11 is 0. The summed E-state index contributed by atoms with van der Waals surface area (Å²) in [5.74, 6) is 0. The number of sulfonamides is 1. The maximum absolute atomic E-state index is 13.1. The molecule has 3 rings (SSSR count). The van der Waals surface area contributed by atoms with E-state index in [1.807, 2.05) is 37.3 Å². The van der Waals surface area contributed by atoms with Crippen molar-refractivity contribution in [1.82, 2.24) is 4.72 Å². The zero-order chi connectivity index (χ0) is 24.1. The van der Waals surface area contributed by atoms with E-state index in [2.05, 4.69) is 9.51 Å². The molecule has 1 atom stereocenters. The minimum atomic E-state index is -4.10. The molecule has 10 heteroatoms. The van der Waals surface area contributed by atoms with E-state index in [1.165, 1.54) is 12.1 Å². The van der Waals surface area contributed by atoms with Crippen molar-refractivity contribution in [3.63, 3.8) is 0 Å². The summed E-state index contributed by atoms with van der Waals surface area (Å²) in [6.45, 7) is 1.84. The smallest absolute Gasteiger partial charge is 0.361 e. The van der Waals surface area contributed by atoms with Crippen molar-refractivity contribution >= 4 is 23.1 Å². The summed E-state index contributed by atoms with van der Waals surface area (Å²) in [4.78, 5) is 3.13. The third-order valence-corrected chi connectivity index (χ3v) is 8.39. The van der Waals surface area contributed by atoms with Crippen LogP contribution in [-0.2, 0) is 23.6 Å². The number of nitrogens with zero attached hydrogens (tertiary/aromatic N) is 2. The Bertz CT molecular complexity index is 1300. The van der Waals surface area contributed by atoms with Gasteiger partial charge >= 0.3 is 13.0 Å². The van der Waals surface area contributed by atoms with E-state index in [0.29, 0.717) is 5.56 Å². The zero-order valence-corrected chi connectivity index (χ0v) is 20.1. The first-order valence-corrected chi connectivity index (χ1v) is 12.9. The second-order valence-corrected chi connectivity index (χ2v) is 11.1. The van der Waals surface area contributed by atoms with E-state index >= 15 is 0 Å². The summed E-state index contributed by atoms with van der Waals surface area (Å²) in [6.07, 6.45) is 0. The lowest BCUT2D eigenvalue weighted by molar-refractivity contribution is -0.00819. The van der Waals surface area contributed by atoms with Gasteiger partial charge < -0.3 is 14.6 Å². The number of hydrogen-bond donors (Lipinski definition) is 1. The Balaban J connectivity index is 2.08. The van der Waals surface area contributed by atoms with Crippen LogP contribution in [0.25, 0.3) is 16.7 Å². The molecular weight excluding hydrogens is 461 g/mol. The standard InChI is InChI=1S/C23H24N3O5PS/c1-17-9-15-21(16-10-17)33(28,29)26-22(23(25-24)32(27,30-2)31-3)20-13-11-19(12-14-20)18-7-5-4-6-8-18/h4-16,22,26H,1-3H3. The lowest BCUT2D eigenvalue weighted by atomic mass is 10.0. The fraction of sp³-hybridized carbons (Fsp3) is 0.174. The van der Waals surface area contributed by atoms with Crippen LogP contribution in [-0.4, -0.2) is 32.9 Å². The van der Waals surface area contributed by atoms with E-state index in [0.717, 1.165) is 30.9 Å². The molecule has 3 aromatic rings. The monoisotopic (exact) mass is 485 g/mol. The molecule has 0 saturated heterocycles. The van der Waals surface area contributed by atoms with Crippen molar-refractivity contribution < 1.29 is 26.8 Å². The van der Waals surface area contributed by atoms with Gasteiger partial charge in [-0.05, 0) is 35.7 Å². The highest BCUT2D eigenvalue weighted by molar-refractivity contribution is 7.89. The first kappa shape index (κ1) is 24.7. The predicted octanol–water partition coefficient (Wildman–Crippen LogP) is 4.80. The van der Waals surface area contributed by atoms with Gasteiger partial charge in [-0.15, -0.1) is 0 Å². The van der Waals surface area contributed by atoms with Gasteiger partial charge in [-0.1, -0.05) is 72.3 Å². The molecule has 0 aliphatic carbocycles. The lowest BCUT2D eigenvalue weighted by Crippen LogP contribution is -2.34. The fourth-order valence-corrected chi connectivity index (χ4v) is 5.68. The molecular formula is C23H24N3O5PS. The van der Waals surface area contributed by atoms with Crippen molar-refractivity contribution in [1.29, 1.82) is 0 Å². The fourth-order valence-electron chi connectivity index (χ4n) is 3.24. The van der Waals surface area contributed by atoms with Crippen LogP contribution in [0.5, 0.6) is 0 Å². The maximum Gasteiger partial charge on any atom is 0.439 e. The van der Waals surface area contributed by atoms with Crippen molar-refractivity contribution in [2.24, 2.45) is 0 Å². The molecule has 172 valence electrons. The van der Waals surface area contributed by atoms with Crippen LogP contribution in [0.3, 0.4) is 0 Å². The third kappa shape index (κ3) is 5.54. The molecule has 1 unspecified atom stereocenters. The highest BCUT2D eigenvalue weighted by atomic mass is 32.2. The molecule has 0 aliphatic heterocycles. The largest absolute Gasteiger partial charge is 0.439 e. The third-order valence-electron chi connectivity index (χ3n) is 5.08. The van der Waals surface area contributed by atoms with E-state index in [4.69, 9.17) is 9.05 Å². The molecule has 0 fully saturated rings. The van der Waals surface area contributed by atoms with E-state index in [1.54, 1.807) is 36.4 Å². The molecule has 0 radical (unpaired) electrons. The first-order chi connectivity index (χ1) is 15.7. The van der Waals surface area contributed by atoms with Gasteiger partial charge in [-0.2, -0.15) is 9.51 Å². The van der Waals surface area contributed by atoms with Gasteiger partial charge in [0.25, 0.3) is 0 Å². The predicted molar refractivity (Wildman–Crippen MR) is 126 cm³/mol. The Kier molecular flexibility index (Phi) is 7.76. The van der Waals surface area contributed by atoms with Gasteiger partial charge in [0.1, 0.15) is 0 Å². The van der Waals surface area contributed by atoms with Crippen molar-refractivity contribution in [2.75, 3.05) is 14.2 Å². The quantitative estimate of drug-likeness (QED) is 0.202. The van der Waals surface area contributed by atoms with Crippen LogP contribution >= 0.6 is 7.60 Å². The Morgan fingerprint density at radius 3 is 1.97 bits per heavy atom. The average Bonchev–Trinajstić information content (AvgIpc) is 2.84. The van der Waals surface area contributed by atoms with Crippen molar-refractivity contribution in [3.8, 4) is 11.1 Å². The molecule has 1 N–H and O–H groups in total. The summed E-state index contributed by atoms with van der Waals surface area (Å²) in [5.41, 5.74) is 12.4. The van der Waals surface area contributed by atoms with E-state index in [-0.39, 0.29) is 4.90 Å². The molecule has 0 heterocycles.